The molecule has 1 aromatic heterocycles. The molecular weight excluding hydrogens is 270 g/mol. The fraction of sp³-hybridized carbons (Fsp3) is 0.118. The Labute approximate surface area is 121 Å². The van der Waals surface area contributed by atoms with Crippen LogP contribution in [0.3, 0.4) is 0 Å². The Morgan fingerprint density at radius 1 is 1.00 bits per heavy atom. The highest BCUT2D eigenvalue weighted by atomic mass is 19.3. The molecule has 0 unspecified atom stereocenters. The van der Waals surface area contributed by atoms with Crippen LogP contribution in [-0.2, 0) is 6.54 Å². The van der Waals surface area contributed by atoms with Gasteiger partial charge in [0.25, 0.3) is 6.43 Å². The van der Waals surface area contributed by atoms with Gasteiger partial charge < -0.3 is 5.32 Å². The number of aromatic nitrogens is 1. The first kappa shape index (κ1) is 13.5. The van der Waals surface area contributed by atoms with E-state index in [9.17, 15) is 8.78 Å². The molecule has 0 saturated heterocycles. The zero-order valence-electron chi connectivity index (χ0n) is 11.3. The maximum absolute atomic E-state index is 12.7. The number of nitrogens with one attached hydrogen (secondary N) is 1. The molecule has 106 valence electrons. The summed E-state index contributed by atoms with van der Waals surface area (Å²) < 4.78 is 25.4. The highest BCUT2D eigenvalue weighted by Gasteiger charge is 2.07. The molecule has 21 heavy (non-hydrogen) atoms. The molecule has 0 amide bonds. The van der Waals surface area contributed by atoms with Gasteiger partial charge in [-0.1, -0.05) is 24.3 Å². The van der Waals surface area contributed by atoms with Crippen LogP contribution in [0.5, 0.6) is 0 Å². The van der Waals surface area contributed by atoms with Gasteiger partial charge in [0.1, 0.15) is 0 Å². The lowest BCUT2D eigenvalue weighted by Gasteiger charge is -2.10. The fourth-order valence-electron chi connectivity index (χ4n) is 2.29. The number of pyridine rings is 1. The standard InChI is InChI=1S/C17H14F2N2/c18-17(19)13-5-1-4-12(10-13)11-21-16-8-2-7-15-14(16)6-3-9-20-15/h1-10,17,21H,11H2. The van der Waals surface area contributed by atoms with Crippen molar-refractivity contribution in [3.05, 3.63) is 71.9 Å². The van der Waals surface area contributed by atoms with Gasteiger partial charge in [-0.05, 0) is 35.9 Å². The van der Waals surface area contributed by atoms with Gasteiger partial charge in [0.05, 0.1) is 5.52 Å². The van der Waals surface area contributed by atoms with Gasteiger partial charge in [0.15, 0.2) is 0 Å². The molecule has 3 aromatic rings. The Balaban J connectivity index is 1.82. The number of alkyl halides is 2. The summed E-state index contributed by atoms with van der Waals surface area (Å²) in [4.78, 5) is 4.29. The Morgan fingerprint density at radius 3 is 2.71 bits per heavy atom. The average molecular weight is 284 g/mol. The third kappa shape index (κ3) is 2.99. The van der Waals surface area contributed by atoms with E-state index in [1.165, 1.54) is 12.1 Å². The monoisotopic (exact) mass is 284 g/mol. The third-order valence-electron chi connectivity index (χ3n) is 3.33. The first-order valence-electron chi connectivity index (χ1n) is 6.68. The summed E-state index contributed by atoms with van der Waals surface area (Å²) in [5.41, 5.74) is 2.73. The summed E-state index contributed by atoms with van der Waals surface area (Å²) in [5.74, 6) is 0. The Bertz CT molecular complexity index is 751. The van der Waals surface area contributed by atoms with Crippen molar-refractivity contribution in [2.75, 3.05) is 5.32 Å². The van der Waals surface area contributed by atoms with Crippen LogP contribution in [0.25, 0.3) is 10.9 Å². The molecule has 2 aromatic carbocycles. The van der Waals surface area contributed by atoms with Crippen LogP contribution < -0.4 is 5.32 Å². The lowest BCUT2D eigenvalue weighted by Crippen LogP contribution is -2.01. The number of anilines is 1. The van der Waals surface area contributed by atoms with E-state index < -0.39 is 6.43 Å². The van der Waals surface area contributed by atoms with Crippen LogP contribution in [-0.4, -0.2) is 4.98 Å². The van der Waals surface area contributed by atoms with Crippen molar-refractivity contribution in [2.45, 2.75) is 13.0 Å². The van der Waals surface area contributed by atoms with Crippen molar-refractivity contribution >= 4 is 16.6 Å². The van der Waals surface area contributed by atoms with Crippen LogP contribution in [0.1, 0.15) is 17.6 Å². The maximum Gasteiger partial charge on any atom is 0.263 e. The molecule has 0 aliphatic heterocycles. The summed E-state index contributed by atoms with van der Waals surface area (Å²) in [6.07, 6.45) is -0.690. The first-order chi connectivity index (χ1) is 10.2. The molecule has 0 aliphatic carbocycles. The van der Waals surface area contributed by atoms with E-state index in [0.29, 0.717) is 6.54 Å². The second-order valence-electron chi connectivity index (χ2n) is 4.77. The molecule has 0 bridgehead atoms. The lowest BCUT2D eigenvalue weighted by atomic mass is 10.1. The third-order valence-corrected chi connectivity index (χ3v) is 3.33. The van der Waals surface area contributed by atoms with E-state index in [0.717, 1.165) is 22.2 Å². The van der Waals surface area contributed by atoms with Gasteiger partial charge in [-0.25, -0.2) is 8.78 Å². The molecule has 0 spiro atoms. The second kappa shape index (κ2) is 5.87. The normalized spacial score (nSPS) is 11.0. The van der Waals surface area contributed by atoms with Crippen LogP contribution in [0.15, 0.2) is 60.8 Å². The summed E-state index contributed by atoms with van der Waals surface area (Å²) >= 11 is 0. The fourth-order valence-corrected chi connectivity index (χ4v) is 2.29. The number of hydrogen-bond acceptors (Lipinski definition) is 2. The highest BCUT2D eigenvalue weighted by molar-refractivity contribution is 5.91. The van der Waals surface area contributed by atoms with Crippen LogP contribution in [0.4, 0.5) is 14.5 Å². The average Bonchev–Trinajstić information content (AvgIpc) is 2.53. The summed E-state index contributed by atoms with van der Waals surface area (Å²) in [6, 6.07) is 16.2. The molecule has 4 heteroatoms. The van der Waals surface area contributed by atoms with Crippen molar-refractivity contribution < 1.29 is 8.78 Å². The van der Waals surface area contributed by atoms with E-state index in [2.05, 4.69) is 10.3 Å². The molecular formula is C17H14F2N2. The molecule has 0 radical (unpaired) electrons. The molecule has 2 nitrogen and oxygen atoms in total. The van der Waals surface area contributed by atoms with Gasteiger partial charge in [0.2, 0.25) is 0 Å². The summed E-state index contributed by atoms with van der Waals surface area (Å²) in [7, 11) is 0. The molecule has 0 fully saturated rings. The molecule has 0 saturated carbocycles. The number of rotatable bonds is 4. The quantitative estimate of drug-likeness (QED) is 0.745. The van der Waals surface area contributed by atoms with Crippen molar-refractivity contribution in [1.29, 1.82) is 0 Å². The van der Waals surface area contributed by atoms with E-state index in [1.54, 1.807) is 12.3 Å². The van der Waals surface area contributed by atoms with E-state index in [-0.39, 0.29) is 5.56 Å². The minimum absolute atomic E-state index is 0.0499. The molecule has 1 heterocycles. The van der Waals surface area contributed by atoms with E-state index >= 15 is 0 Å². The van der Waals surface area contributed by atoms with Crippen molar-refractivity contribution in [3.8, 4) is 0 Å². The van der Waals surface area contributed by atoms with Gasteiger partial charge >= 0.3 is 0 Å². The van der Waals surface area contributed by atoms with Crippen LogP contribution >= 0.6 is 0 Å². The van der Waals surface area contributed by atoms with Crippen molar-refractivity contribution in [1.82, 2.24) is 4.98 Å². The van der Waals surface area contributed by atoms with E-state index in [4.69, 9.17) is 0 Å². The number of fused-ring (bicyclic) bond motifs is 1. The maximum atomic E-state index is 12.7. The van der Waals surface area contributed by atoms with Gasteiger partial charge in [-0.2, -0.15) is 0 Å². The molecule has 3 rings (SSSR count). The molecule has 0 aliphatic rings. The lowest BCUT2D eigenvalue weighted by molar-refractivity contribution is 0.151. The molecule has 0 atom stereocenters. The van der Waals surface area contributed by atoms with E-state index in [1.807, 2.05) is 36.4 Å². The zero-order valence-corrected chi connectivity index (χ0v) is 11.3. The van der Waals surface area contributed by atoms with Gasteiger partial charge in [-0.15, -0.1) is 0 Å². The van der Waals surface area contributed by atoms with Gasteiger partial charge in [0, 0.05) is 29.4 Å². The predicted molar refractivity (Wildman–Crippen MR) is 80.5 cm³/mol. The van der Waals surface area contributed by atoms with Crippen molar-refractivity contribution in [3.63, 3.8) is 0 Å². The number of hydrogen-bond donors (Lipinski definition) is 1. The first-order valence-corrected chi connectivity index (χ1v) is 6.68. The highest BCUT2D eigenvalue weighted by Crippen LogP contribution is 2.23. The zero-order chi connectivity index (χ0) is 14.7. The summed E-state index contributed by atoms with van der Waals surface area (Å²) in [5, 5.41) is 4.30. The second-order valence-corrected chi connectivity index (χ2v) is 4.77. The smallest absolute Gasteiger partial charge is 0.263 e. The Morgan fingerprint density at radius 2 is 1.86 bits per heavy atom. The number of halogens is 2. The number of nitrogens with zero attached hydrogens (tertiary/aromatic N) is 1. The topological polar surface area (TPSA) is 24.9 Å². The van der Waals surface area contributed by atoms with Gasteiger partial charge in [-0.3, -0.25) is 4.98 Å². The summed E-state index contributed by atoms with van der Waals surface area (Å²) in [6.45, 7) is 0.495. The molecule has 1 N–H and O–H groups in total. The largest absolute Gasteiger partial charge is 0.380 e. The Hall–Kier alpha value is -2.49. The SMILES string of the molecule is FC(F)c1cccc(CNc2cccc3ncccc23)c1. The predicted octanol–water partition coefficient (Wildman–Crippen LogP) is 4.78. The van der Waals surface area contributed by atoms with Crippen LogP contribution in [0.2, 0.25) is 0 Å². The minimum Gasteiger partial charge on any atom is -0.380 e. The number of benzene rings is 2. The minimum atomic E-state index is -2.44. The Kier molecular flexibility index (Phi) is 3.77. The van der Waals surface area contributed by atoms with Crippen molar-refractivity contribution in [2.24, 2.45) is 0 Å². The van der Waals surface area contributed by atoms with Crippen LogP contribution in [0, 0.1) is 0 Å².